The molecule has 0 spiro atoms. The van der Waals surface area contributed by atoms with Crippen molar-refractivity contribution in [1.82, 2.24) is 4.90 Å². The third-order valence-corrected chi connectivity index (χ3v) is 6.34. The molecule has 1 amide bonds. The van der Waals surface area contributed by atoms with Crippen LogP contribution in [0.3, 0.4) is 0 Å². The monoisotopic (exact) mass is 456 g/mol. The van der Waals surface area contributed by atoms with Crippen molar-refractivity contribution < 1.29 is 14.7 Å². The first-order chi connectivity index (χ1) is 14.0. The summed E-state index contributed by atoms with van der Waals surface area (Å²) in [5.41, 5.74) is -0.138. The van der Waals surface area contributed by atoms with Crippen LogP contribution in [-0.4, -0.2) is 41.5 Å². The number of anilines is 1. The number of hydrogen-bond donors (Lipinski definition) is 1. The van der Waals surface area contributed by atoms with E-state index in [0.29, 0.717) is 23.5 Å². The number of amides is 1. The van der Waals surface area contributed by atoms with E-state index in [1.807, 2.05) is 18.2 Å². The fourth-order valence-electron chi connectivity index (χ4n) is 4.29. The van der Waals surface area contributed by atoms with Crippen molar-refractivity contribution in [3.63, 3.8) is 0 Å². The molecular weight excluding hydrogens is 432 g/mol. The van der Waals surface area contributed by atoms with Crippen molar-refractivity contribution in [3.05, 3.63) is 64.1 Å². The molecule has 1 saturated heterocycles. The first-order valence-corrected chi connectivity index (χ1v) is 10.9. The average molecular weight is 457 g/mol. The molecule has 2 aromatic carbocycles. The Kier molecular flexibility index (Phi) is 5.86. The van der Waals surface area contributed by atoms with Gasteiger partial charge in [0.1, 0.15) is 0 Å². The van der Waals surface area contributed by atoms with Crippen LogP contribution in [-0.2, 0) is 10.4 Å². The molecule has 0 bridgehead atoms. The van der Waals surface area contributed by atoms with Crippen molar-refractivity contribution in [3.8, 4) is 0 Å². The Morgan fingerprint density at radius 1 is 1.03 bits per heavy atom. The summed E-state index contributed by atoms with van der Waals surface area (Å²) < 4.78 is 0.788. The van der Waals surface area contributed by atoms with E-state index in [9.17, 15) is 14.7 Å². The lowest BCUT2D eigenvalue weighted by Gasteiger charge is -2.28. The van der Waals surface area contributed by atoms with E-state index in [0.717, 1.165) is 30.4 Å². The third kappa shape index (κ3) is 4.02. The van der Waals surface area contributed by atoms with Crippen LogP contribution in [0.15, 0.2) is 53.0 Å². The van der Waals surface area contributed by atoms with Gasteiger partial charge in [-0.15, -0.1) is 0 Å². The van der Waals surface area contributed by atoms with Gasteiger partial charge in [-0.2, -0.15) is 0 Å². The number of fused-ring (bicyclic) bond motifs is 1. The molecular formula is C23H25BrN2O3. The highest BCUT2D eigenvalue weighted by Gasteiger charge is 2.51. The Morgan fingerprint density at radius 3 is 2.48 bits per heavy atom. The van der Waals surface area contributed by atoms with Crippen LogP contribution in [0.2, 0.25) is 0 Å². The fraction of sp³-hybridized carbons (Fsp3) is 0.391. The van der Waals surface area contributed by atoms with Gasteiger partial charge in [0.25, 0.3) is 5.91 Å². The van der Waals surface area contributed by atoms with Crippen LogP contribution in [0.5, 0.6) is 0 Å². The summed E-state index contributed by atoms with van der Waals surface area (Å²) in [5, 5.41) is 11.4. The van der Waals surface area contributed by atoms with Crippen LogP contribution in [0.4, 0.5) is 5.69 Å². The summed E-state index contributed by atoms with van der Waals surface area (Å²) in [6, 6.07) is 14.3. The molecule has 0 radical (unpaired) electrons. The number of rotatable bonds is 5. The lowest BCUT2D eigenvalue weighted by atomic mass is 9.88. The molecule has 2 heterocycles. The van der Waals surface area contributed by atoms with E-state index in [4.69, 9.17) is 0 Å². The minimum Gasteiger partial charge on any atom is -0.375 e. The number of aliphatic hydroxyl groups is 1. The van der Waals surface area contributed by atoms with Crippen LogP contribution >= 0.6 is 15.9 Å². The number of hydrogen-bond acceptors (Lipinski definition) is 4. The standard InChI is InChI=1S/C23H25BrN2O3/c24-18-9-7-8-17(14-18)21(27)15-23(29)19-10-3-4-11-20(19)26(22(23)28)16-25-12-5-1-2-6-13-25/h3-4,7-11,14,29H,1-2,5-6,12-13,15-16H2. The van der Waals surface area contributed by atoms with Crippen LogP contribution in [0, 0.1) is 0 Å². The topological polar surface area (TPSA) is 60.9 Å². The molecule has 2 aliphatic rings. The minimum absolute atomic E-state index is 0.256. The molecule has 0 aromatic heterocycles. The first-order valence-electron chi connectivity index (χ1n) is 10.1. The second kappa shape index (κ2) is 8.38. The number of ketones is 1. The molecule has 2 aromatic rings. The van der Waals surface area contributed by atoms with Crippen LogP contribution in [0.25, 0.3) is 0 Å². The van der Waals surface area contributed by atoms with Crippen molar-refractivity contribution in [2.24, 2.45) is 0 Å². The number of halogens is 1. The maximum atomic E-state index is 13.4. The number of para-hydroxylation sites is 1. The first kappa shape index (κ1) is 20.3. The average Bonchev–Trinajstić information content (AvgIpc) is 2.90. The molecule has 6 heteroatoms. The number of carbonyl (C=O) groups is 2. The molecule has 29 heavy (non-hydrogen) atoms. The van der Waals surface area contributed by atoms with Gasteiger partial charge in [-0.05, 0) is 44.1 Å². The Labute approximate surface area is 179 Å². The number of Topliss-reactive ketones (excluding diaryl/α,β-unsaturated/α-hetero) is 1. The summed E-state index contributed by atoms with van der Waals surface area (Å²) in [4.78, 5) is 30.2. The Balaban J connectivity index is 1.61. The largest absolute Gasteiger partial charge is 0.375 e. The highest BCUT2D eigenvalue weighted by molar-refractivity contribution is 9.10. The van der Waals surface area contributed by atoms with Crippen LogP contribution < -0.4 is 4.90 Å². The normalized spacial score (nSPS) is 22.4. The molecule has 2 aliphatic heterocycles. The van der Waals surface area contributed by atoms with Gasteiger partial charge < -0.3 is 5.11 Å². The Hall–Kier alpha value is -2.02. The highest BCUT2D eigenvalue weighted by atomic mass is 79.9. The number of carbonyl (C=O) groups excluding carboxylic acids is 2. The van der Waals surface area contributed by atoms with Crippen molar-refractivity contribution >= 4 is 33.3 Å². The van der Waals surface area contributed by atoms with Gasteiger partial charge in [-0.3, -0.25) is 19.4 Å². The molecule has 1 unspecified atom stereocenters. The number of benzene rings is 2. The van der Waals surface area contributed by atoms with Crippen LogP contribution in [0.1, 0.15) is 48.0 Å². The smallest absolute Gasteiger partial charge is 0.265 e. The maximum Gasteiger partial charge on any atom is 0.265 e. The summed E-state index contributed by atoms with van der Waals surface area (Å²) >= 11 is 3.37. The van der Waals surface area contributed by atoms with E-state index >= 15 is 0 Å². The summed E-state index contributed by atoms with van der Waals surface area (Å²) in [5.74, 6) is -0.667. The third-order valence-electron chi connectivity index (χ3n) is 5.84. The molecule has 5 nitrogen and oxygen atoms in total. The second-order valence-electron chi connectivity index (χ2n) is 7.89. The number of likely N-dealkylation sites (tertiary alicyclic amines) is 1. The molecule has 0 aliphatic carbocycles. The van der Waals surface area contributed by atoms with Gasteiger partial charge in [0.05, 0.1) is 18.8 Å². The highest BCUT2D eigenvalue weighted by Crippen LogP contribution is 2.43. The lowest BCUT2D eigenvalue weighted by Crippen LogP contribution is -2.46. The predicted molar refractivity (Wildman–Crippen MR) is 116 cm³/mol. The SMILES string of the molecule is O=C(CC1(O)C(=O)N(CN2CCCCCC2)c2ccccc21)c1cccc(Br)c1. The zero-order valence-electron chi connectivity index (χ0n) is 16.3. The van der Waals surface area contributed by atoms with Crippen molar-refractivity contribution in [2.45, 2.75) is 37.7 Å². The van der Waals surface area contributed by atoms with E-state index in [1.54, 1.807) is 35.2 Å². The zero-order valence-corrected chi connectivity index (χ0v) is 17.9. The van der Waals surface area contributed by atoms with Crippen molar-refractivity contribution in [2.75, 3.05) is 24.7 Å². The van der Waals surface area contributed by atoms with Gasteiger partial charge in [-0.1, -0.05) is 59.1 Å². The maximum absolute atomic E-state index is 13.4. The van der Waals surface area contributed by atoms with E-state index < -0.39 is 11.5 Å². The van der Waals surface area contributed by atoms with Gasteiger partial charge in [0.15, 0.2) is 11.4 Å². The summed E-state index contributed by atoms with van der Waals surface area (Å²) in [6.07, 6.45) is 4.40. The summed E-state index contributed by atoms with van der Waals surface area (Å²) in [6.45, 7) is 2.34. The Morgan fingerprint density at radius 2 is 1.76 bits per heavy atom. The van der Waals surface area contributed by atoms with Gasteiger partial charge in [0, 0.05) is 15.6 Å². The molecule has 1 fully saturated rings. The number of nitrogens with zero attached hydrogens (tertiary/aromatic N) is 2. The molecule has 1 N–H and O–H groups in total. The zero-order chi connectivity index (χ0) is 20.4. The van der Waals surface area contributed by atoms with E-state index in [2.05, 4.69) is 20.8 Å². The Bertz CT molecular complexity index is 924. The quantitative estimate of drug-likeness (QED) is 0.688. The van der Waals surface area contributed by atoms with E-state index in [-0.39, 0.29) is 12.2 Å². The molecule has 1 atom stereocenters. The minimum atomic E-state index is -1.83. The van der Waals surface area contributed by atoms with Gasteiger partial charge >= 0.3 is 0 Å². The summed E-state index contributed by atoms with van der Waals surface area (Å²) in [7, 11) is 0. The fourth-order valence-corrected chi connectivity index (χ4v) is 4.69. The van der Waals surface area contributed by atoms with Gasteiger partial charge in [0.2, 0.25) is 0 Å². The predicted octanol–water partition coefficient (Wildman–Crippen LogP) is 4.09. The lowest BCUT2D eigenvalue weighted by molar-refractivity contribution is -0.136. The van der Waals surface area contributed by atoms with Gasteiger partial charge in [-0.25, -0.2) is 0 Å². The molecule has 0 saturated carbocycles. The van der Waals surface area contributed by atoms with Crippen molar-refractivity contribution in [1.29, 1.82) is 0 Å². The van der Waals surface area contributed by atoms with E-state index in [1.165, 1.54) is 12.8 Å². The molecule has 4 rings (SSSR count). The molecule has 152 valence electrons. The second-order valence-corrected chi connectivity index (χ2v) is 8.81.